The smallest absolute Gasteiger partial charge is 0.229 e. The Bertz CT molecular complexity index is 746. The van der Waals surface area contributed by atoms with Crippen molar-refractivity contribution in [2.24, 2.45) is 0 Å². The average molecular weight is 408 g/mol. The number of aryl methyl sites for hydroxylation is 1. The van der Waals surface area contributed by atoms with E-state index in [0.29, 0.717) is 23.7 Å². The Morgan fingerprint density at radius 2 is 1.96 bits per heavy atom. The van der Waals surface area contributed by atoms with Crippen LogP contribution >= 0.6 is 0 Å². The van der Waals surface area contributed by atoms with Crippen LogP contribution in [0.4, 0.5) is 5.69 Å². The third kappa shape index (κ3) is 6.59. The van der Waals surface area contributed by atoms with Crippen LogP contribution in [0.1, 0.15) is 11.1 Å². The van der Waals surface area contributed by atoms with E-state index >= 15 is 0 Å². The Morgan fingerprint density at radius 3 is 2.52 bits per heavy atom. The molecule has 0 fully saturated rings. The first-order chi connectivity index (χ1) is 10.4. The molecule has 0 unspecified atom stereocenters. The summed E-state index contributed by atoms with van der Waals surface area (Å²) in [5.74, 6) is 1.36. The van der Waals surface area contributed by atoms with Gasteiger partial charge in [0.2, 0.25) is 10.0 Å². The van der Waals surface area contributed by atoms with Crippen molar-refractivity contribution in [2.75, 3.05) is 18.0 Å². The van der Waals surface area contributed by atoms with Gasteiger partial charge in [-0.05, 0) is 25.2 Å². The van der Waals surface area contributed by atoms with Crippen LogP contribution in [-0.4, -0.2) is 21.7 Å². The molecule has 0 aliphatic carbocycles. The molecule has 0 spiro atoms. The molecule has 0 aliphatic heterocycles. The van der Waals surface area contributed by atoms with Crippen molar-refractivity contribution in [3.05, 3.63) is 53.6 Å². The molecule has 121 valence electrons. The van der Waals surface area contributed by atoms with Gasteiger partial charge in [-0.1, -0.05) is 6.92 Å². The van der Waals surface area contributed by atoms with Crippen molar-refractivity contribution in [3.63, 3.8) is 0 Å². The molecule has 0 atom stereocenters. The van der Waals surface area contributed by atoms with Crippen LogP contribution in [0.2, 0.25) is 0 Å². The van der Waals surface area contributed by atoms with Crippen molar-refractivity contribution < 1.29 is 45.9 Å². The van der Waals surface area contributed by atoms with Crippen LogP contribution in [0.25, 0.3) is 0 Å². The van der Waals surface area contributed by atoms with Gasteiger partial charge < -0.3 is 10.1 Å². The second-order valence-corrected chi connectivity index (χ2v) is 6.78. The standard InChI is InChI=1S/C16H19N2O3S.Y/c1-12-4-7-15(8-5-12)21-16-9-6-14(18-22(3,19)20)10-13(16)11-17-2;/h4,6-10,17-18H,11H2,1-3H3;/q-1;. The van der Waals surface area contributed by atoms with Gasteiger partial charge in [0.15, 0.2) is 0 Å². The Hall–Kier alpha value is -0.946. The van der Waals surface area contributed by atoms with Gasteiger partial charge in [0.1, 0.15) is 5.75 Å². The maximum Gasteiger partial charge on any atom is 0.229 e. The monoisotopic (exact) mass is 408 g/mol. The van der Waals surface area contributed by atoms with E-state index < -0.39 is 10.0 Å². The SMILES string of the molecule is CNCc1cc(NS(C)(=O)=O)ccc1Oc1c[c-]c(C)cc1.[Y]. The minimum Gasteiger partial charge on any atom is -0.516 e. The largest absolute Gasteiger partial charge is 0.516 e. The van der Waals surface area contributed by atoms with Crippen LogP contribution in [0.5, 0.6) is 11.5 Å². The van der Waals surface area contributed by atoms with Crippen LogP contribution in [0.15, 0.2) is 36.4 Å². The van der Waals surface area contributed by atoms with Crippen LogP contribution < -0.4 is 14.8 Å². The fourth-order valence-electron chi connectivity index (χ4n) is 1.96. The predicted octanol–water partition coefficient (Wildman–Crippen LogP) is 2.68. The molecule has 23 heavy (non-hydrogen) atoms. The van der Waals surface area contributed by atoms with Gasteiger partial charge in [-0.25, -0.2) is 8.42 Å². The van der Waals surface area contributed by atoms with Crippen molar-refractivity contribution in [1.29, 1.82) is 0 Å². The molecule has 0 aromatic heterocycles. The van der Waals surface area contributed by atoms with E-state index in [4.69, 9.17) is 4.74 Å². The van der Waals surface area contributed by atoms with Gasteiger partial charge in [-0.15, -0.1) is 12.1 Å². The quantitative estimate of drug-likeness (QED) is 0.722. The normalized spacial score (nSPS) is 10.7. The number of benzene rings is 2. The molecule has 0 saturated heterocycles. The van der Waals surface area contributed by atoms with E-state index in [-0.39, 0.29) is 32.7 Å². The first-order valence-corrected chi connectivity index (χ1v) is 8.68. The summed E-state index contributed by atoms with van der Waals surface area (Å²) in [7, 11) is -1.48. The minimum atomic E-state index is -3.30. The summed E-state index contributed by atoms with van der Waals surface area (Å²) in [4.78, 5) is 0. The summed E-state index contributed by atoms with van der Waals surface area (Å²) in [5, 5.41) is 3.04. The van der Waals surface area contributed by atoms with Crippen LogP contribution in [0, 0.1) is 13.0 Å². The third-order valence-electron chi connectivity index (χ3n) is 2.90. The second kappa shape index (κ2) is 8.78. The molecule has 2 N–H and O–H groups in total. The Balaban J connectivity index is 0.00000264. The topological polar surface area (TPSA) is 67.4 Å². The molecule has 0 saturated carbocycles. The van der Waals surface area contributed by atoms with E-state index in [1.165, 1.54) is 0 Å². The number of ether oxygens (including phenoxy) is 1. The number of rotatable bonds is 6. The van der Waals surface area contributed by atoms with E-state index in [1.807, 2.05) is 26.1 Å². The van der Waals surface area contributed by atoms with Gasteiger partial charge in [0.05, 0.1) is 6.26 Å². The third-order valence-corrected chi connectivity index (χ3v) is 3.50. The summed E-state index contributed by atoms with van der Waals surface area (Å²) in [5.41, 5.74) is 2.41. The average Bonchev–Trinajstić information content (AvgIpc) is 2.43. The van der Waals surface area contributed by atoms with Crippen molar-refractivity contribution in [2.45, 2.75) is 13.5 Å². The number of hydrogen-bond donors (Lipinski definition) is 2. The fraction of sp³-hybridized carbons (Fsp3) is 0.250. The van der Waals surface area contributed by atoms with Gasteiger partial charge in [-0.2, -0.15) is 17.7 Å². The van der Waals surface area contributed by atoms with Crippen molar-refractivity contribution in [1.82, 2.24) is 5.32 Å². The Labute approximate surface area is 162 Å². The molecular formula is C16H19N2O3SY-. The van der Waals surface area contributed by atoms with E-state index in [0.717, 1.165) is 17.4 Å². The fourth-order valence-corrected chi connectivity index (χ4v) is 2.52. The van der Waals surface area contributed by atoms with Gasteiger partial charge >= 0.3 is 0 Å². The molecule has 5 nitrogen and oxygen atoms in total. The molecule has 0 aliphatic rings. The number of sulfonamides is 1. The number of hydrogen-bond acceptors (Lipinski definition) is 4. The molecule has 0 bridgehead atoms. The first-order valence-electron chi connectivity index (χ1n) is 6.79. The van der Waals surface area contributed by atoms with Gasteiger partial charge in [0, 0.05) is 56.3 Å². The number of nitrogens with one attached hydrogen (secondary N) is 2. The summed E-state index contributed by atoms with van der Waals surface area (Å²) in [6.45, 7) is 2.52. The van der Waals surface area contributed by atoms with E-state index in [1.54, 1.807) is 24.3 Å². The molecule has 0 heterocycles. The number of anilines is 1. The first kappa shape index (κ1) is 20.1. The molecule has 1 radical (unpaired) electrons. The summed E-state index contributed by atoms with van der Waals surface area (Å²) >= 11 is 0. The van der Waals surface area contributed by atoms with Crippen molar-refractivity contribution >= 4 is 15.7 Å². The zero-order valence-electron chi connectivity index (χ0n) is 13.4. The Morgan fingerprint density at radius 1 is 1.22 bits per heavy atom. The Kier molecular flexibility index (Phi) is 7.67. The minimum absolute atomic E-state index is 0. The van der Waals surface area contributed by atoms with Crippen LogP contribution in [0.3, 0.4) is 0 Å². The zero-order chi connectivity index (χ0) is 16.2. The van der Waals surface area contributed by atoms with Gasteiger partial charge in [-0.3, -0.25) is 4.72 Å². The summed E-state index contributed by atoms with van der Waals surface area (Å²) < 4.78 is 30.9. The molecule has 2 aromatic rings. The maximum atomic E-state index is 11.3. The molecule has 0 amide bonds. The van der Waals surface area contributed by atoms with E-state index in [9.17, 15) is 8.42 Å². The molecule has 7 heteroatoms. The van der Waals surface area contributed by atoms with Gasteiger partial charge in [0.25, 0.3) is 0 Å². The zero-order valence-corrected chi connectivity index (χ0v) is 17.0. The predicted molar refractivity (Wildman–Crippen MR) is 87.8 cm³/mol. The van der Waals surface area contributed by atoms with E-state index in [2.05, 4.69) is 16.1 Å². The maximum absolute atomic E-state index is 11.3. The molecular weight excluding hydrogens is 389 g/mol. The summed E-state index contributed by atoms with van der Waals surface area (Å²) in [6.07, 6.45) is 1.12. The second-order valence-electron chi connectivity index (χ2n) is 5.04. The van der Waals surface area contributed by atoms with Crippen molar-refractivity contribution in [3.8, 4) is 11.5 Å². The molecule has 2 rings (SSSR count). The summed E-state index contributed by atoms with van der Waals surface area (Å²) in [6, 6.07) is 13.8. The van der Waals surface area contributed by atoms with Crippen LogP contribution in [-0.2, 0) is 49.3 Å². The molecule has 2 aromatic carbocycles.